The first-order chi connectivity index (χ1) is 8.99. The molecule has 0 saturated carbocycles. The number of carbonyl (C=O) groups is 2. The molecule has 0 fully saturated rings. The van der Waals surface area contributed by atoms with Crippen LogP contribution in [0, 0.1) is 11.3 Å². The number of nitrogens with zero attached hydrogens (tertiary/aromatic N) is 1. The monoisotopic (exact) mass is 323 g/mol. The van der Waals surface area contributed by atoms with Crippen molar-refractivity contribution in [3.05, 3.63) is 34.9 Å². The third-order valence-corrected chi connectivity index (χ3v) is 2.93. The summed E-state index contributed by atoms with van der Waals surface area (Å²) in [6.07, 6.45) is -0.00544. The highest BCUT2D eigenvalue weighted by atomic mass is 79.9. The second-order valence-corrected chi connectivity index (χ2v) is 5.32. The van der Waals surface area contributed by atoms with Gasteiger partial charge in [0.05, 0.1) is 29.5 Å². The third-order valence-electron chi connectivity index (χ3n) is 2.51. The molecule has 0 heterocycles. The van der Waals surface area contributed by atoms with Crippen LogP contribution in [0.4, 0.5) is 0 Å². The van der Waals surface area contributed by atoms with Crippen LogP contribution < -0.4 is 0 Å². The van der Waals surface area contributed by atoms with Gasteiger partial charge in [0, 0.05) is 5.56 Å². The molecule has 0 amide bonds. The average Bonchev–Trinajstić information content (AvgIpc) is 2.37. The van der Waals surface area contributed by atoms with Crippen LogP contribution in [0.3, 0.4) is 0 Å². The average molecular weight is 324 g/mol. The molecule has 0 radical (unpaired) electrons. The van der Waals surface area contributed by atoms with Gasteiger partial charge in [-0.2, -0.15) is 5.26 Å². The van der Waals surface area contributed by atoms with Gasteiger partial charge in [0.25, 0.3) is 0 Å². The second kappa shape index (κ2) is 7.05. The van der Waals surface area contributed by atoms with E-state index in [2.05, 4.69) is 15.9 Å². The standard InChI is InChI=1S/C14H14BrNO3/c1-3-19-13(17)7-12-6-10(14(18)9(2)15)4-5-11(12)8-16/h4-6,9H,3,7H2,1-2H3. The van der Waals surface area contributed by atoms with E-state index in [4.69, 9.17) is 10.00 Å². The molecule has 1 unspecified atom stereocenters. The normalized spacial score (nSPS) is 11.5. The van der Waals surface area contributed by atoms with E-state index in [1.807, 2.05) is 6.07 Å². The van der Waals surface area contributed by atoms with Crippen LogP contribution in [0.1, 0.15) is 35.3 Å². The molecular formula is C14H14BrNO3. The summed E-state index contributed by atoms with van der Waals surface area (Å²) in [6.45, 7) is 3.74. The van der Waals surface area contributed by atoms with Crippen molar-refractivity contribution in [2.24, 2.45) is 0 Å². The summed E-state index contributed by atoms with van der Waals surface area (Å²) in [5.41, 5.74) is 1.37. The number of rotatable bonds is 5. The van der Waals surface area contributed by atoms with E-state index in [1.54, 1.807) is 32.0 Å². The number of ketones is 1. The van der Waals surface area contributed by atoms with Gasteiger partial charge in [-0.15, -0.1) is 0 Å². The summed E-state index contributed by atoms with van der Waals surface area (Å²) in [5, 5.41) is 9.00. The Bertz CT molecular complexity index is 532. The topological polar surface area (TPSA) is 67.2 Å². The summed E-state index contributed by atoms with van der Waals surface area (Å²) < 4.78 is 4.85. The number of hydrogen-bond donors (Lipinski definition) is 0. The first-order valence-corrected chi connectivity index (χ1v) is 6.78. The first-order valence-electron chi connectivity index (χ1n) is 5.86. The van der Waals surface area contributed by atoms with E-state index in [0.29, 0.717) is 16.7 Å². The van der Waals surface area contributed by atoms with Crippen LogP contribution in [-0.4, -0.2) is 23.2 Å². The van der Waals surface area contributed by atoms with Crippen molar-refractivity contribution in [1.29, 1.82) is 5.26 Å². The predicted octanol–water partition coefficient (Wildman–Crippen LogP) is 2.63. The number of esters is 1. The maximum Gasteiger partial charge on any atom is 0.310 e. The zero-order valence-electron chi connectivity index (χ0n) is 10.8. The molecule has 1 aromatic rings. The van der Waals surface area contributed by atoms with Crippen LogP contribution in [-0.2, 0) is 16.0 Å². The molecule has 0 aromatic heterocycles. The van der Waals surface area contributed by atoms with Crippen LogP contribution in [0.2, 0.25) is 0 Å². The van der Waals surface area contributed by atoms with Crippen LogP contribution in [0.25, 0.3) is 0 Å². The molecule has 0 saturated heterocycles. The minimum absolute atomic E-state index is 0.00544. The molecule has 0 bridgehead atoms. The Morgan fingerprint density at radius 1 is 1.47 bits per heavy atom. The van der Waals surface area contributed by atoms with E-state index < -0.39 is 5.97 Å². The maximum atomic E-state index is 11.9. The summed E-state index contributed by atoms with van der Waals surface area (Å²) in [6, 6.07) is 6.73. The zero-order chi connectivity index (χ0) is 14.4. The number of nitriles is 1. The van der Waals surface area contributed by atoms with Gasteiger partial charge in [0.15, 0.2) is 5.78 Å². The Hall–Kier alpha value is -1.67. The minimum atomic E-state index is -0.407. The quantitative estimate of drug-likeness (QED) is 0.474. The lowest BCUT2D eigenvalue weighted by Gasteiger charge is -2.08. The van der Waals surface area contributed by atoms with Gasteiger partial charge < -0.3 is 4.74 Å². The fourth-order valence-electron chi connectivity index (χ4n) is 1.60. The molecule has 1 aromatic carbocycles. The van der Waals surface area contributed by atoms with Crippen molar-refractivity contribution < 1.29 is 14.3 Å². The highest BCUT2D eigenvalue weighted by molar-refractivity contribution is 9.10. The molecule has 0 aliphatic rings. The van der Waals surface area contributed by atoms with Crippen molar-refractivity contribution >= 4 is 27.7 Å². The van der Waals surface area contributed by atoms with Crippen molar-refractivity contribution in [3.63, 3.8) is 0 Å². The summed E-state index contributed by atoms with van der Waals surface area (Å²) in [7, 11) is 0. The van der Waals surface area contributed by atoms with E-state index >= 15 is 0 Å². The molecule has 19 heavy (non-hydrogen) atoms. The summed E-state index contributed by atoms with van der Waals surface area (Å²) in [4.78, 5) is 23.0. The number of Topliss-reactive ketones (excluding diaryl/α,β-unsaturated/α-hetero) is 1. The Morgan fingerprint density at radius 3 is 2.68 bits per heavy atom. The largest absolute Gasteiger partial charge is 0.466 e. The number of halogens is 1. The van der Waals surface area contributed by atoms with Crippen LogP contribution in [0.5, 0.6) is 0 Å². The minimum Gasteiger partial charge on any atom is -0.466 e. The number of ether oxygens (including phenoxy) is 1. The molecule has 4 nitrogen and oxygen atoms in total. The SMILES string of the molecule is CCOC(=O)Cc1cc(C(=O)C(C)Br)ccc1C#N. The molecule has 0 aliphatic carbocycles. The van der Waals surface area contributed by atoms with Gasteiger partial charge >= 0.3 is 5.97 Å². The molecule has 1 atom stereocenters. The molecule has 0 aliphatic heterocycles. The zero-order valence-corrected chi connectivity index (χ0v) is 12.4. The third kappa shape index (κ3) is 4.18. The second-order valence-electron chi connectivity index (χ2n) is 3.95. The molecular weight excluding hydrogens is 310 g/mol. The van der Waals surface area contributed by atoms with Gasteiger partial charge in [0.2, 0.25) is 0 Å². The fourth-order valence-corrected chi connectivity index (χ4v) is 1.86. The smallest absolute Gasteiger partial charge is 0.310 e. The van der Waals surface area contributed by atoms with E-state index in [9.17, 15) is 9.59 Å². The van der Waals surface area contributed by atoms with Crippen LogP contribution >= 0.6 is 15.9 Å². The van der Waals surface area contributed by atoms with Crippen molar-refractivity contribution in [2.75, 3.05) is 6.61 Å². The van der Waals surface area contributed by atoms with Gasteiger partial charge in [-0.3, -0.25) is 9.59 Å². The molecule has 100 valence electrons. The number of carbonyl (C=O) groups excluding carboxylic acids is 2. The number of benzene rings is 1. The molecule has 5 heteroatoms. The Morgan fingerprint density at radius 2 is 2.16 bits per heavy atom. The van der Waals surface area contributed by atoms with Crippen molar-refractivity contribution in [1.82, 2.24) is 0 Å². The van der Waals surface area contributed by atoms with E-state index in [-0.39, 0.29) is 23.6 Å². The van der Waals surface area contributed by atoms with E-state index in [1.165, 1.54) is 0 Å². The highest BCUT2D eigenvalue weighted by Gasteiger charge is 2.15. The Balaban J connectivity index is 3.07. The maximum absolute atomic E-state index is 11.9. The summed E-state index contributed by atoms with van der Waals surface area (Å²) >= 11 is 3.21. The van der Waals surface area contributed by atoms with Gasteiger partial charge in [-0.05, 0) is 31.5 Å². The lowest BCUT2D eigenvalue weighted by Crippen LogP contribution is -2.13. The van der Waals surface area contributed by atoms with Crippen molar-refractivity contribution in [3.8, 4) is 6.07 Å². The molecule has 0 N–H and O–H groups in total. The molecule has 0 spiro atoms. The van der Waals surface area contributed by atoms with Crippen molar-refractivity contribution in [2.45, 2.75) is 25.1 Å². The Labute approximate surface area is 120 Å². The van der Waals surface area contributed by atoms with Gasteiger partial charge in [-0.25, -0.2) is 0 Å². The fraction of sp³-hybridized carbons (Fsp3) is 0.357. The molecule has 1 rings (SSSR count). The summed E-state index contributed by atoms with van der Waals surface area (Å²) in [5.74, 6) is -0.495. The Kier molecular flexibility index (Phi) is 5.71. The first kappa shape index (κ1) is 15.4. The lowest BCUT2D eigenvalue weighted by atomic mass is 9.99. The predicted molar refractivity (Wildman–Crippen MR) is 74.2 cm³/mol. The highest BCUT2D eigenvalue weighted by Crippen LogP contribution is 2.16. The lowest BCUT2D eigenvalue weighted by molar-refractivity contribution is -0.142. The van der Waals surface area contributed by atoms with Gasteiger partial charge in [-0.1, -0.05) is 22.0 Å². The van der Waals surface area contributed by atoms with E-state index in [0.717, 1.165) is 0 Å². The number of alkyl halides is 1. The number of hydrogen-bond acceptors (Lipinski definition) is 4. The van der Waals surface area contributed by atoms with Crippen LogP contribution in [0.15, 0.2) is 18.2 Å². The van der Waals surface area contributed by atoms with Gasteiger partial charge in [0.1, 0.15) is 0 Å².